The molecule has 0 atom stereocenters. The molecule has 3 N–H and O–H groups in total. The van der Waals surface area contributed by atoms with Crippen molar-refractivity contribution in [2.24, 2.45) is 5.73 Å². The topological polar surface area (TPSA) is 53.8 Å². The predicted octanol–water partition coefficient (Wildman–Crippen LogP) is 2.93. The van der Waals surface area contributed by atoms with Crippen LogP contribution in [0.1, 0.15) is 6.42 Å². The summed E-state index contributed by atoms with van der Waals surface area (Å²) in [7, 11) is 0. The van der Waals surface area contributed by atoms with Gasteiger partial charge in [0.2, 0.25) is 0 Å². The summed E-state index contributed by atoms with van der Waals surface area (Å²) in [6.45, 7) is 6.13. The summed E-state index contributed by atoms with van der Waals surface area (Å²) in [5.74, 6) is 0.833. The third-order valence-electron chi connectivity index (χ3n) is 4.48. The maximum absolute atomic E-state index is 5.85. The van der Waals surface area contributed by atoms with Gasteiger partial charge in [-0.25, -0.2) is 0 Å². The lowest BCUT2D eigenvalue weighted by Gasteiger charge is -2.36. The molecule has 0 aliphatic carbocycles. The zero-order valence-electron chi connectivity index (χ0n) is 14.9. The van der Waals surface area contributed by atoms with Crippen LogP contribution in [0.3, 0.4) is 0 Å². The second-order valence-corrected chi connectivity index (χ2v) is 6.82. The third kappa shape index (κ3) is 5.61. The summed E-state index contributed by atoms with van der Waals surface area (Å²) in [4.78, 5) is 4.96. The lowest BCUT2D eigenvalue weighted by molar-refractivity contribution is 0.225. The Bertz CT molecular complexity index is 702. The van der Waals surface area contributed by atoms with Gasteiger partial charge in [0, 0.05) is 50.2 Å². The molecule has 1 heterocycles. The minimum atomic E-state index is 0.261. The molecule has 2 aromatic carbocycles. The first-order valence-electron chi connectivity index (χ1n) is 9.02. The largest absolute Gasteiger partial charge is 0.493 e. The van der Waals surface area contributed by atoms with Gasteiger partial charge in [-0.15, -0.1) is 0 Å². The number of piperazine rings is 1. The zero-order chi connectivity index (χ0) is 18.2. The number of anilines is 2. The smallest absolute Gasteiger partial charge is 0.168 e. The maximum atomic E-state index is 5.85. The number of rotatable bonds is 7. The molecule has 3 rings (SSSR count). The number of nitrogens with one attached hydrogen (secondary N) is 1. The first-order chi connectivity index (χ1) is 12.7. The van der Waals surface area contributed by atoms with Crippen LogP contribution in [0.2, 0.25) is 0 Å². The molecule has 5 nitrogen and oxygen atoms in total. The standard InChI is InChI=1S/C20H26N4OS/c21-20(26)22-17-6-4-9-19(16-17)25-15-5-10-23-11-13-24(14-12-23)18-7-2-1-3-8-18/h1-4,6-9,16H,5,10-15H2,(H3,21,22,26). The van der Waals surface area contributed by atoms with Gasteiger partial charge in [-0.1, -0.05) is 24.3 Å². The fourth-order valence-corrected chi connectivity index (χ4v) is 3.27. The molecule has 138 valence electrons. The summed E-state index contributed by atoms with van der Waals surface area (Å²) < 4.78 is 5.85. The van der Waals surface area contributed by atoms with Gasteiger partial charge in [-0.05, 0) is 42.9 Å². The number of thiocarbonyl (C=S) groups is 1. The fraction of sp³-hybridized carbons (Fsp3) is 0.350. The first-order valence-corrected chi connectivity index (χ1v) is 9.43. The van der Waals surface area contributed by atoms with Gasteiger partial charge < -0.3 is 20.7 Å². The lowest BCUT2D eigenvalue weighted by Crippen LogP contribution is -2.46. The van der Waals surface area contributed by atoms with Crippen molar-refractivity contribution < 1.29 is 4.74 Å². The van der Waals surface area contributed by atoms with Crippen LogP contribution in [0.25, 0.3) is 0 Å². The number of hydrogen-bond donors (Lipinski definition) is 2. The monoisotopic (exact) mass is 370 g/mol. The predicted molar refractivity (Wildman–Crippen MR) is 112 cm³/mol. The maximum Gasteiger partial charge on any atom is 0.168 e. The van der Waals surface area contributed by atoms with Crippen LogP contribution < -0.4 is 20.7 Å². The summed E-state index contributed by atoms with van der Waals surface area (Å²) in [5.41, 5.74) is 7.67. The summed E-state index contributed by atoms with van der Waals surface area (Å²) in [5, 5.41) is 3.18. The average molecular weight is 371 g/mol. The highest BCUT2D eigenvalue weighted by Gasteiger charge is 2.16. The number of nitrogens with two attached hydrogens (primary N) is 1. The van der Waals surface area contributed by atoms with Crippen molar-refractivity contribution in [1.82, 2.24) is 4.90 Å². The number of benzene rings is 2. The van der Waals surface area contributed by atoms with Crippen LogP contribution in [0.4, 0.5) is 11.4 Å². The van der Waals surface area contributed by atoms with E-state index in [-0.39, 0.29) is 5.11 Å². The van der Waals surface area contributed by atoms with Crippen LogP contribution in [0.15, 0.2) is 54.6 Å². The molecule has 6 heteroatoms. The molecule has 26 heavy (non-hydrogen) atoms. The van der Waals surface area contributed by atoms with Crippen LogP contribution in [-0.2, 0) is 0 Å². The Morgan fingerprint density at radius 3 is 2.54 bits per heavy atom. The Kier molecular flexibility index (Phi) is 6.68. The van der Waals surface area contributed by atoms with Gasteiger partial charge in [0.05, 0.1) is 6.61 Å². The Labute approximate surface area is 160 Å². The second kappa shape index (κ2) is 9.40. The summed E-state index contributed by atoms with van der Waals surface area (Å²) >= 11 is 4.86. The van der Waals surface area contributed by atoms with E-state index in [1.807, 2.05) is 24.3 Å². The minimum Gasteiger partial charge on any atom is -0.493 e. The molecule has 1 aliphatic heterocycles. The van der Waals surface area contributed by atoms with Crippen molar-refractivity contribution in [2.45, 2.75) is 6.42 Å². The number of para-hydroxylation sites is 1. The van der Waals surface area contributed by atoms with Crippen molar-refractivity contribution in [3.63, 3.8) is 0 Å². The molecular weight excluding hydrogens is 344 g/mol. The molecule has 1 saturated heterocycles. The normalized spacial score (nSPS) is 14.8. The van der Waals surface area contributed by atoms with E-state index in [0.717, 1.165) is 50.6 Å². The van der Waals surface area contributed by atoms with Gasteiger partial charge in [-0.3, -0.25) is 4.90 Å². The molecule has 1 aliphatic rings. The average Bonchev–Trinajstić information content (AvgIpc) is 2.66. The van der Waals surface area contributed by atoms with E-state index >= 15 is 0 Å². The van der Waals surface area contributed by atoms with Crippen LogP contribution in [0.5, 0.6) is 5.75 Å². The zero-order valence-corrected chi connectivity index (χ0v) is 15.8. The van der Waals surface area contributed by atoms with E-state index in [4.69, 9.17) is 22.7 Å². The minimum absolute atomic E-state index is 0.261. The highest BCUT2D eigenvalue weighted by Crippen LogP contribution is 2.18. The van der Waals surface area contributed by atoms with E-state index in [9.17, 15) is 0 Å². The van der Waals surface area contributed by atoms with Gasteiger partial charge in [0.15, 0.2) is 5.11 Å². The number of ether oxygens (including phenoxy) is 1. The van der Waals surface area contributed by atoms with Crippen LogP contribution in [0, 0.1) is 0 Å². The van der Waals surface area contributed by atoms with E-state index in [2.05, 4.69) is 45.4 Å². The second-order valence-electron chi connectivity index (χ2n) is 6.38. The van der Waals surface area contributed by atoms with Crippen molar-refractivity contribution in [3.05, 3.63) is 54.6 Å². The van der Waals surface area contributed by atoms with Gasteiger partial charge in [-0.2, -0.15) is 0 Å². The first kappa shape index (κ1) is 18.5. The SMILES string of the molecule is NC(=S)Nc1cccc(OCCCN2CCN(c3ccccc3)CC2)c1. The van der Waals surface area contributed by atoms with Crippen molar-refractivity contribution in [2.75, 3.05) is 49.5 Å². The van der Waals surface area contributed by atoms with Gasteiger partial charge >= 0.3 is 0 Å². The Hall–Kier alpha value is -2.31. The summed E-state index contributed by atoms with van der Waals surface area (Å²) in [6, 6.07) is 18.3. The van der Waals surface area contributed by atoms with Gasteiger partial charge in [0.1, 0.15) is 5.75 Å². The van der Waals surface area contributed by atoms with Crippen LogP contribution in [-0.4, -0.2) is 49.3 Å². The molecular formula is C20H26N4OS. The number of hydrogen-bond acceptors (Lipinski definition) is 4. The van der Waals surface area contributed by atoms with Crippen molar-refractivity contribution in [3.8, 4) is 5.75 Å². The Balaban J connectivity index is 1.35. The highest BCUT2D eigenvalue weighted by atomic mass is 32.1. The Morgan fingerprint density at radius 1 is 1.04 bits per heavy atom. The van der Waals surface area contributed by atoms with Crippen LogP contribution >= 0.6 is 12.2 Å². The van der Waals surface area contributed by atoms with E-state index < -0.39 is 0 Å². The Morgan fingerprint density at radius 2 is 1.81 bits per heavy atom. The molecule has 0 unspecified atom stereocenters. The molecule has 0 aromatic heterocycles. The molecule has 0 saturated carbocycles. The number of nitrogens with zero attached hydrogens (tertiary/aromatic N) is 2. The van der Waals surface area contributed by atoms with Crippen molar-refractivity contribution in [1.29, 1.82) is 0 Å². The lowest BCUT2D eigenvalue weighted by atomic mass is 10.2. The van der Waals surface area contributed by atoms with E-state index in [0.29, 0.717) is 6.61 Å². The van der Waals surface area contributed by atoms with E-state index in [1.54, 1.807) is 0 Å². The quantitative estimate of drug-likeness (QED) is 0.577. The fourth-order valence-electron chi connectivity index (χ4n) is 3.15. The molecule has 0 amide bonds. The molecule has 0 spiro atoms. The van der Waals surface area contributed by atoms with Crippen molar-refractivity contribution >= 4 is 28.7 Å². The molecule has 2 aromatic rings. The third-order valence-corrected chi connectivity index (χ3v) is 4.58. The molecule has 0 radical (unpaired) electrons. The van der Waals surface area contributed by atoms with E-state index in [1.165, 1.54) is 5.69 Å². The highest BCUT2D eigenvalue weighted by molar-refractivity contribution is 7.80. The summed E-state index contributed by atoms with van der Waals surface area (Å²) in [6.07, 6.45) is 1.01. The molecule has 0 bridgehead atoms. The van der Waals surface area contributed by atoms with Gasteiger partial charge in [0.25, 0.3) is 0 Å². The molecule has 1 fully saturated rings.